The van der Waals surface area contributed by atoms with Gasteiger partial charge in [0.15, 0.2) is 6.61 Å². The molecule has 28 heavy (non-hydrogen) atoms. The van der Waals surface area contributed by atoms with Crippen molar-refractivity contribution in [1.29, 1.82) is 0 Å². The summed E-state index contributed by atoms with van der Waals surface area (Å²) in [5.74, 6) is 0.783. The second-order valence-electron chi connectivity index (χ2n) is 9.21. The molecule has 0 spiro atoms. The summed E-state index contributed by atoms with van der Waals surface area (Å²) in [6.45, 7) is 2.69. The average molecular weight is 393 g/mol. The molecule has 4 fully saturated rings. The number of ether oxygens (including phenoxy) is 1. The molecular formula is C20H31N3O5. The number of carbonyl (C=O) groups excluding carboxylic acids is 4. The van der Waals surface area contributed by atoms with Gasteiger partial charge in [-0.15, -0.1) is 0 Å². The number of amides is 4. The third kappa shape index (κ3) is 5.45. The van der Waals surface area contributed by atoms with Crippen molar-refractivity contribution in [2.45, 2.75) is 64.8 Å². The van der Waals surface area contributed by atoms with Crippen LogP contribution >= 0.6 is 0 Å². The quantitative estimate of drug-likeness (QED) is 0.567. The molecule has 0 aromatic rings. The lowest BCUT2D eigenvalue weighted by Crippen LogP contribution is -2.48. The van der Waals surface area contributed by atoms with Gasteiger partial charge in [0.05, 0.1) is 0 Å². The second-order valence-corrected chi connectivity index (χ2v) is 9.21. The summed E-state index contributed by atoms with van der Waals surface area (Å²) in [5.41, 5.74) is 0.117. The van der Waals surface area contributed by atoms with Crippen LogP contribution in [0.3, 0.4) is 0 Å². The normalized spacial score (nSPS) is 30.0. The summed E-state index contributed by atoms with van der Waals surface area (Å²) in [7, 11) is 0. The van der Waals surface area contributed by atoms with Crippen molar-refractivity contribution in [1.82, 2.24) is 16.0 Å². The van der Waals surface area contributed by atoms with E-state index in [4.69, 9.17) is 4.74 Å². The molecule has 4 bridgehead atoms. The van der Waals surface area contributed by atoms with Gasteiger partial charge in [-0.05, 0) is 75.5 Å². The summed E-state index contributed by atoms with van der Waals surface area (Å²) < 4.78 is 4.81. The lowest BCUT2D eigenvalue weighted by atomic mass is 9.49. The van der Waals surface area contributed by atoms with E-state index in [9.17, 15) is 19.2 Å². The van der Waals surface area contributed by atoms with Crippen molar-refractivity contribution in [3.05, 3.63) is 0 Å². The predicted molar refractivity (Wildman–Crippen MR) is 101 cm³/mol. The first-order valence-electron chi connectivity index (χ1n) is 10.3. The van der Waals surface area contributed by atoms with Gasteiger partial charge in [-0.1, -0.05) is 0 Å². The monoisotopic (exact) mass is 393 g/mol. The van der Waals surface area contributed by atoms with Crippen LogP contribution in [0.2, 0.25) is 0 Å². The number of rotatable bonds is 7. The van der Waals surface area contributed by atoms with Crippen LogP contribution in [-0.2, 0) is 19.1 Å². The first-order chi connectivity index (χ1) is 13.2. The van der Waals surface area contributed by atoms with E-state index < -0.39 is 24.5 Å². The Morgan fingerprint density at radius 2 is 1.54 bits per heavy atom. The summed E-state index contributed by atoms with van der Waals surface area (Å²) in [5, 5.41) is 7.18. The van der Waals surface area contributed by atoms with Crippen molar-refractivity contribution in [3.63, 3.8) is 0 Å². The average Bonchev–Trinajstić information content (AvgIpc) is 2.55. The third-order valence-corrected chi connectivity index (χ3v) is 6.17. The van der Waals surface area contributed by atoms with E-state index in [2.05, 4.69) is 16.0 Å². The fourth-order valence-corrected chi connectivity index (χ4v) is 5.74. The lowest BCUT2D eigenvalue weighted by Gasteiger charge is -2.56. The number of esters is 1. The van der Waals surface area contributed by atoms with Crippen molar-refractivity contribution in [3.8, 4) is 0 Å². The summed E-state index contributed by atoms with van der Waals surface area (Å²) >= 11 is 0. The first-order valence-corrected chi connectivity index (χ1v) is 10.3. The number of urea groups is 1. The third-order valence-electron chi connectivity index (χ3n) is 6.17. The van der Waals surface area contributed by atoms with Crippen molar-refractivity contribution < 1.29 is 23.9 Å². The molecule has 4 aliphatic carbocycles. The maximum absolute atomic E-state index is 12.4. The van der Waals surface area contributed by atoms with Gasteiger partial charge in [-0.25, -0.2) is 4.79 Å². The van der Waals surface area contributed by atoms with Gasteiger partial charge in [0.25, 0.3) is 5.91 Å². The predicted octanol–water partition coefficient (Wildman–Crippen LogP) is 1.49. The highest BCUT2D eigenvalue weighted by Crippen LogP contribution is 2.61. The lowest BCUT2D eigenvalue weighted by molar-refractivity contribution is -0.148. The molecule has 0 heterocycles. The van der Waals surface area contributed by atoms with Gasteiger partial charge >= 0.3 is 12.0 Å². The first kappa shape index (κ1) is 20.6. The van der Waals surface area contributed by atoms with Gasteiger partial charge in [0.2, 0.25) is 5.91 Å². The Morgan fingerprint density at radius 1 is 0.964 bits per heavy atom. The molecule has 3 N–H and O–H groups in total. The molecule has 0 atom stereocenters. The molecular weight excluding hydrogens is 362 g/mol. The Balaban J connectivity index is 1.34. The molecule has 0 radical (unpaired) electrons. The van der Waals surface area contributed by atoms with Gasteiger partial charge in [0, 0.05) is 12.5 Å². The van der Waals surface area contributed by atoms with Crippen LogP contribution in [-0.4, -0.2) is 43.0 Å². The smallest absolute Gasteiger partial charge is 0.325 e. The molecule has 4 rings (SSSR count). The van der Waals surface area contributed by atoms with Crippen molar-refractivity contribution in [2.24, 2.45) is 23.2 Å². The molecule has 0 saturated heterocycles. The van der Waals surface area contributed by atoms with E-state index in [1.165, 1.54) is 19.3 Å². The zero-order valence-corrected chi connectivity index (χ0v) is 16.7. The summed E-state index contributed by atoms with van der Waals surface area (Å²) in [6.07, 6.45) is 7.85. The number of hydrogen-bond donors (Lipinski definition) is 3. The van der Waals surface area contributed by atoms with Crippen LogP contribution in [0.15, 0.2) is 0 Å². The Labute approximate surface area is 165 Å². The standard InChI is InChI=1S/C20H31N3O5/c1-12(2)22-19(27)23-17(25)11-28-18(26)10-21-16(24)9-20-6-13-3-14(7-20)5-15(4-13)8-20/h12-15H,3-11H2,1-2H3,(H,21,24)(H2,22,23,25,27). The number of imide groups is 1. The van der Waals surface area contributed by atoms with Gasteiger partial charge in [-0.2, -0.15) is 0 Å². The highest BCUT2D eigenvalue weighted by atomic mass is 16.5. The Hall–Kier alpha value is -2.12. The van der Waals surface area contributed by atoms with E-state index in [0.717, 1.165) is 37.0 Å². The fraction of sp³-hybridized carbons (Fsp3) is 0.800. The fourth-order valence-electron chi connectivity index (χ4n) is 5.74. The van der Waals surface area contributed by atoms with Crippen molar-refractivity contribution in [2.75, 3.05) is 13.2 Å². The highest BCUT2D eigenvalue weighted by Gasteiger charge is 2.51. The van der Waals surface area contributed by atoms with E-state index in [0.29, 0.717) is 6.42 Å². The Bertz CT molecular complexity index is 610. The van der Waals surface area contributed by atoms with Crippen LogP contribution in [0.25, 0.3) is 0 Å². The number of nitrogens with one attached hydrogen (secondary N) is 3. The minimum Gasteiger partial charge on any atom is -0.454 e. The van der Waals surface area contributed by atoms with E-state index in [1.54, 1.807) is 13.8 Å². The van der Waals surface area contributed by atoms with Crippen molar-refractivity contribution >= 4 is 23.8 Å². The van der Waals surface area contributed by atoms with Gasteiger partial charge in [0.1, 0.15) is 6.54 Å². The molecule has 4 saturated carbocycles. The maximum Gasteiger partial charge on any atom is 0.325 e. The molecule has 8 nitrogen and oxygen atoms in total. The van der Waals surface area contributed by atoms with Crippen LogP contribution in [0, 0.1) is 23.2 Å². The molecule has 8 heteroatoms. The molecule has 0 aliphatic heterocycles. The maximum atomic E-state index is 12.4. The zero-order chi connectivity index (χ0) is 20.3. The van der Waals surface area contributed by atoms with Gasteiger partial charge in [-0.3, -0.25) is 19.7 Å². The van der Waals surface area contributed by atoms with E-state index in [-0.39, 0.29) is 23.9 Å². The summed E-state index contributed by atoms with van der Waals surface area (Å²) in [4.78, 5) is 47.1. The van der Waals surface area contributed by atoms with E-state index >= 15 is 0 Å². The second kappa shape index (κ2) is 8.49. The van der Waals surface area contributed by atoms with Crippen LogP contribution < -0.4 is 16.0 Å². The molecule has 0 aromatic heterocycles. The Kier molecular flexibility index (Phi) is 6.25. The topological polar surface area (TPSA) is 114 Å². The van der Waals surface area contributed by atoms with Crippen LogP contribution in [0.4, 0.5) is 4.79 Å². The number of hydrogen-bond acceptors (Lipinski definition) is 5. The SMILES string of the molecule is CC(C)NC(=O)NC(=O)COC(=O)CNC(=O)CC12CC3CC(CC(C3)C1)C2. The van der Waals surface area contributed by atoms with Gasteiger partial charge < -0.3 is 15.4 Å². The minimum absolute atomic E-state index is 0.112. The molecule has 0 unspecified atom stereocenters. The number of carbonyl (C=O) groups is 4. The highest BCUT2D eigenvalue weighted by molar-refractivity contribution is 5.95. The van der Waals surface area contributed by atoms with Crippen LogP contribution in [0.1, 0.15) is 58.8 Å². The molecule has 0 aromatic carbocycles. The molecule has 4 aliphatic rings. The molecule has 156 valence electrons. The largest absolute Gasteiger partial charge is 0.454 e. The van der Waals surface area contributed by atoms with E-state index in [1.807, 2.05) is 0 Å². The summed E-state index contributed by atoms with van der Waals surface area (Å²) in [6, 6.07) is -0.751. The minimum atomic E-state index is -0.716. The van der Waals surface area contributed by atoms with Crippen LogP contribution in [0.5, 0.6) is 0 Å². The molecule has 4 amide bonds. The Morgan fingerprint density at radius 3 is 2.07 bits per heavy atom. The zero-order valence-electron chi connectivity index (χ0n) is 16.7.